The molecule has 6 heteroatoms. The van der Waals surface area contributed by atoms with Gasteiger partial charge in [0.2, 0.25) is 0 Å². The lowest BCUT2D eigenvalue weighted by atomic mass is 10.1. The van der Waals surface area contributed by atoms with E-state index in [2.05, 4.69) is 0 Å². The highest BCUT2D eigenvalue weighted by Gasteiger charge is 2.52. The molecule has 1 heterocycles. The van der Waals surface area contributed by atoms with Crippen molar-refractivity contribution in [2.75, 3.05) is 11.5 Å². The number of nitrogens with two attached hydrogens (primary N) is 1. The zero-order chi connectivity index (χ0) is 7.99. The van der Waals surface area contributed by atoms with Gasteiger partial charge in [-0.25, -0.2) is 17.2 Å². The van der Waals surface area contributed by atoms with E-state index in [0.717, 1.165) is 0 Å². The standard InChI is InChI=1S/C4H7F2NO2S/c5-3(6)4(7)1-10(8,9)2-4/h3H,1-2,7H2. The Hall–Kier alpha value is -0.230. The number of halogens is 2. The summed E-state index contributed by atoms with van der Waals surface area (Å²) in [5, 5.41) is 0. The second-order valence-electron chi connectivity index (χ2n) is 2.57. The van der Waals surface area contributed by atoms with E-state index in [-0.39, 0.29) is 0 Å². The molecule has 1 rings (SSSR count). The second kappa shape index (κ2) is 1.88. The van der Waals surface area contributed by atoms with Crippen LogP contribution < -0.4 is 5.73 Å². The number of sulfone groups is 1. The molecule has 0 unspecified atom stereocenters. The van der Waals surface area contributed by atoms with Gasteiger partial charge >= 0.3 is 0 Å². The maximum atomic E-state index is 11.8. The Balaban J connectivity index is 2.67. The van der Waals surface area contributed by atoms with Crippen molar-refractivity contribution in [1.82, 2.24) is 0 Å². The van der Waals surface area contributed by atoms with Crippen LogP contribution in [0.3, 0.4) is 0 Å². The summed E-state index contributed by atoms with van der Waals surface area (Å²) in [4.78, 5) is 0. The SMILES string of the molecule is NC1(C(F)F)CS(=O)(=O)C1. The lowest BCUT2D eigenvalue weighted by Crippen LogP contribution is -2.66. The minimum Gasteiger partial charge on any atom is -0.319 e. The Bertz CT molecular complexity index is 224. The molecule has 10 heavy (non-hydrogen) atoms. The van der Waals surface area contributed by atoms with E-state index in [1.165, 1.54) is 0 Å². The highest BCUT2D eigenvalue weighted by atomic mass is 32.2. The smallest absolute Gasteiger partial charge is 0.258 e. The van der Waals surface area contributed by atoms with Crippen LogP contribution in [0.5, 0.6) is 0 Å². The van der Waals surface area contributed by atoms with Gasteiger partial charge < -0.3 is 5.73 Å². The number of rotatable bonds is 1. The Morgan fingerprint density at radius 1 is 1.40 bits per heavy atom. The number of alkyl halides is 2. The van der Waals surface area contributed by atoms with Gasteiger partial charge in [0.15, 0.2) is 9.84 Å². The summed E-state index contributed by atoms with van der Waals surface area (Å²) in [7, 11) is -3.24. The molecule has 0 radical (unpaired) electrons. The third-order valence-corrected chi connectivity index (χ3v) is 3.37. The van der Waals surface area contributed by atoms with E-state index in [9.17, 15) is 17.2 Å². The molecule has 0 saturated carbocycles. The molecule has 0 aliphatic carbocycles. The molecule has 2 N–H and O–H groups in total. The van der Waals surface area contributed by atoms with E-state index >= 15 is 0 Å². The molecule has 1 aliphatic heterocycles. The quantitative estimate of drug-likeness (QED) is 0.571. The molecule has 60 valence electrons. The Labute approximate surface area is 57.1 Å². The van der Waals surface area contributed by atoms with Crippen LogP contribution in [0.1, 0.15) is 0 Å². The van der Waals surface area contributed by atoms with E-state index in [0.29, 0.717) is 0 Å². The first kappa shape index (κ1) is 7.87. The van der Waals surface area contributed by atoms with Crippen molar-refractivity contribution in [3.8, 4) is 0 Å². The van der Waals surface area contributed by atoms with Crippen LogP contribution in [0.2, 0.25) is 0 Å². The monoisotopic (exact) mass is 171 g/mol. The lowest BCUT2D eigenvalue weighted by molar-refractivity contribution is 0.0694. The average molecular weight is 171 g/mol. The van der Waals surface area contributed by atoms with Crippen LogP contribution in [0, 0.1) is 0 Å². The van der Waals surface area contributed by atoms with Gasteiger partial charge in [-0.3, -0.25) is 0 Å². The third-order valence-electron chi connectivity index (χ3n) is 1.41. The first-order chi connectivity index (χ1) is 4.36. The highest BCUT2D eigenvalue weighted by molar-refractivity contribution is 7.93. The minimum atomic E-state index is -3.24. The molecular weight excluding hydrogens is 164 g/mol. The van der Waals surface area contributed by atoms with Crippen LogP contribution in [-0.2, 0) is 9.84 Å². The van der Waals surface area contributed by atoms with Crippen LogP contribution in [0.15, 0.2) is 0 Å². The fourth-order valence-corrected chi connectivity index (χ4v) is 2.71. The van der Waals surface area contributed by atoms with E-state index in [4.69, 9.17) is 5.73 Å². The Morgan fingerprint density at radius 2 is 1.80 bits per heavy atom. The summed E-state index contributed by atoms with van der Waals surface area (Å²) in [5.74, 6) is -1.17. The van der Waals surface area contributed by atoms with Gasteiger partial charge in [-0.15, -0.1) is 0 Å². The highest BCUT2D eigenvalue weighted by Crippen LogP contribution is 2.26. The zero-order valence-corrected chi connectivity index (χ0v) is 5.87. The van der Waals surface area contributed by atoms with Crippen molar-refractivity contribution >= 4 is 9.84 Å². The van der Waals surface area contributed by atoms with E-state index in [1.54, 1.807) is 0 Å². The predicted octanol–water partition coefficient (Wildman–Crippen LogP) is -0.623. The summed E-state index contributed by atoms with van der Waals surface area (Å²) >= 11 is 0. The van der Waals surface area contributed by atoms with Gasteiger partial charge in [0.1, 0.15) is 5.54 Å². The average Bonchev–Trinajstić information content (AvgIpc) is 1.59. The molecular formula is C4H7F2NO2S. The fraction of sp³-hybridized carbons (Fsp3) is 1.00. The molecule has 0 aromatic rings. The maximum absolute atomic E-state index is 11.8. The fourth-order valence-electron chi connectivity index (χ4n) is 0.903. The largest absolute Gasteiger partial charge is 0.319 e. The first-order valence-electron chi connectivity index (χ1n) is 2.63. The second-order valence-corrected chi connectivity index (χ2v) is 4.63. The predicted molar refractivity (Wildman–Crippen MR) is 31.6 cm³/mol. The summed E-state index contributed by atoms with van der Waals surface area (Å²) < 4.78 is 44.4. The lowest BCUT2D eigenvalue weighted by Gasteiger charge is -2.36. The molecule has 0 atom stereocenters. The Kier molecular flexibility index (Phi) is 1.48. The van der Waals surface area contributed by atoms with Crippen molar-refractivity contribution < 1.29 is 17.2 Å². The molecule has 1 saturated heterocycles. The zero-order valence-electron chi connectivity index (χ0n) is 5.05. The van der Waals surface area contributed by atoms with Crippen LogP contribution in [0.4, 0.5) is 8.78 Å². The molecule has 0 aromatic carbocycles. The molecule has 1 aliphatic rings. The normalized spacial score (nSPS) is 28.0. The van der Waals surface area contributed by atoms with Crippen molar-refractivity contribution in [2.24, 2.45) is 5.73 Å². The number of hydrogen-bond donors (Lipinski definition) is 1. The van der Waals surface area contributed by atoms with Crippen molar-refractivity contribution in [2.45, 2.75) is 12.0 Å². The topological polar surface area (TPSA) is 60.2 Å². The van der Waals surface area contributed by atoms with Gasteiger partial charge in [0.05, 0.1) is 11.5 Å². The van der Waals surface area contributed by atoms with Crippen molar-refractivity contribution in [3.63, 3.8) is 0 Å². The van der Waals surface area contributed by atoms with Gasteiger partial charge in [-0.1, -0.05) is 0 Å². The van der Waals surface area contributed by atoms with Crippen molar-refractivity contribution in [1.29, 1.82) is 0 Å². The summed E-state index contributed by atoms with van der Waals surface area (Å²) in [6.07, 6.45) is -2.74. The van der Waals surface area contributed by atoms with Crippen molar-refractivity contribution in [3.05, 3.63) is 0 Å². The maximum Gasteiger partial charge on any atom is 0.258 e. The van der Waals surface area contributed by atoms with E-state index in [1.807, 2.05) is 0 Å². The molecule has 0 amide bonds. The van der Waals surface area contributed by atoms with Gasteiger partial charge in [-0.05, 0) is 0 Å². The van der Waals surface area contributed by atoms with Crippen LogP contribution >= 0.6 is 0 Å². The molecule has 0 spiro atoms. The molecule has 0 aromatic heterocycles. The molecule has 3 nitrogen and oxygen atoms in total. The van der Waals surface area contributed by atoms with Crippen LogP contribution in [0.25, 0.3) is 0 Å². The van der Waals surface area contributed by atoms with Gasteiger partial charge in [-0.2, -0.15) is 0 Å². The van der Waals surface area contributed by atoms with Gasteiger partial charge in [0.25, 0.3) is 6.43 Å². The number of hydrogen-bond acceptors (Lipinski definition) is 3. The van der Waals surface area contributed by atoms with Crippen LogP contribution in [-0.4, -0.2) is 31.9 Å². The minimum absolute atomic E-state index is 0.586. The summed E-state index contributed by atoms with van der Waals surface area (Å²) in [6, 6.07) is 0. The Morgan fingerprint density at radius 3 is 1.90 bits per heavy atom. The summed E-state index contributed by atoms with van der Waals surface area (Å²) in [6.45, 7) is 0. The summed E-state index contributed by atoms with van der Waals surface area (Å²) in [5.41, 5.74) is 3.23. The van der Waals surface area contributed by atoms with Gasteiger partial charge in [0, 0.05) is 0 Å². The molecule has 0 bridgehead atoms. The molecule has 1 fully saturated rings. The van der Waals surface area contributed by atoms with E-state index < -0.39 is 33.3 Å². The third kappa shape index (κ3) is 1.13. The first-order valence-corrected chi connectivity index (χ1v) is 4.45.